The van der Waals surface area contributed by atoms with E-state index < -0.39 is 12.2 Å². The van der Waals surface area contributed by atoms with Gasteiger partial charge in [-0.25, -0.2) is 8.78 Å². The Kier molecular flexibility index (Phi) is 4.99. The minimum absolute atomic E-state index is 0.0237. The molecule has 0 spiro atoms. The maximum absolute atomic E-state index is 11.6. The molecule has 0 N–H and O–H groups in total. The molecule has 11 heavy (non-hydrogen) atoms. The third-order valence-corrected chi connectivity index (χ3v) is 1.45. The lowest BCUT2D eigenvalue weighted by Gasteiger charge is -2.02. The average molecular weight is 164 g/mol. The van der Waals surface area contributed by atoms with Crippen LogP contribution in [0.1, 0.15) is 33.1 Å². The number of carbonyl (C=O) groups is 1. The molecule has 0 saturated carbocycles. The highest BCUT2D eigenvalue weighted by Crippen LogP contribution is 2.08. The molecule has 0 aromatic rings. The second-order valence-electron chi connectivity index (χ2n) is 3.05. The molecule has 0 saturated heterocycles. The fraction of sp³-hybridized carbons (Fsp3) is 0.875. The Morgan fingerprint density at radius 3 is 2.27 bits per heavy atom. The smallest absolute Gasteiger partial charge is 0.293 e. The zero-order chi connectivity index (χ0) is 8.85. The highest BCUT2D eigenvalue weighted by atomic mass is 19.3. The van der Waals surface area contributed by atoms with Crippen molar-refractivity contribution in [3.63, 3.8) is 0 Å². The molecule has 0 atom stereocenters. The Balaban J connectivity index is 3.32. The molecule has 0 radical (unpaired) electrons. The van der Waals surface area contributed by atoms with Crippen LogP contribution in [0.15, 0.2) is 0 Å². The highest BCUT2D eigenvalue weighted by Gasteiger charge is 2.13. The molecule has 0 aliphatic carbocycles. The first-order chi connectivity index (χ1) is 5.04. The molecule has 0 fully saturated rings. The molecule has 0 aliphatic heterocycles. The second kappa shape index (κ2) is 5.22. The molecular formula is C8H14F2O. The topological polar surface area (TPSA) is 17.1 Å². The SMILES string of the molecule is CC(C)CCCC(=O)C(F)F. The van der Waals surface area contributed by atoms with Crippen LogP contribution < -0.4 is 0 Å². The summed E-state index contributed by atoms with van der Waals surface area (Å²) in [5.41, 5.74) is 0. The van der Waals surface area contributed by atoms with Gasteiger partial charge in [0.25, 0.3) is 6.43 Å². The van der Waals surface area contributed by atoms with Gasteiger partial charge in [0.15, 0.2) is 5.78 Å². The summed E-state index contributed by atoms with van der Waals surface area (Å²) < 4.78 is 23.2. The summed E-state index contributed by atoms with van der Waals surface area (Å²) in [5.74, 6) is -0.439. The van der Waals surface area contributed by atoms with Crippen LogP contribution in [0.3, 0.4) is 0 Å². The number of carbonyl (C=O) groups excluding carboxylic acids is 1. The van der Waals surface area contributed by atoms with E-state index in [1.165, 1.54) is 0 Å². The van der Waals surface area contributed by atoms with E-state index in [0.29, 0.717) is 12.3 Å². The highest BCUT2D eigenvalue weighted by molar-refractivity contribution is 5.81. The van der Waals surface area contributed by atoms with Gasteiger partial charge in [-0.3, -0.25) is 4.79 Å². The Morgan fingerprint density at radius 1 is 1.36 bits per heavy atom. The van der Waals surface area contributed by atoms with Crippen molar-refractivity contribution in [2.24, 2.45) is 5.92 Å². The first kappa shape index (κ1) is 10.5. The number of Topliss-reactive ketones (excluding diaryl/α,β-unsaturated/α-hetero) is 1. The van der Waals surface area contributed by atoms with Gasteiger partial charge in [-0.05, 0) is 12.3 Å². The van der Waals surface area contributed by atoms with E-state index in [0.717, 1.165) is 6.42 Å². The minimum Gasteiger partial charge on any atom is -0.293 e. The third kappa shape index (κ3) is 5.95. The predicted octanol–water partition coefficient (Wildman–Crippen LogP) is 2.65. The van der Waals surface area contributed by atoms with E-state index in [9.17, 15) is 13.6 Å². The third-order valence-electron chi connectivity index (χ3n) is 1.45. The summed E-state index contributed by atoms with van der Waals surface area (Å²) in [6, 6.07) is 0. The molecular weight excluding hydrogens is 150 g/mol. The van der Waals surface area contributed by atoms with Crippen LogP contribution in [0.4, 0.5) is 8.78 Å². The fourth-order valence-electron chi connectivity index (χ4n) is 0.794. The van der Waals surface area contributed by atoms with Gasteiger partial charge in [0.1, 0.15) is 0 Å². The van der Waals surface area contributed by atoms with E-state index in [2.05, 4.69) is 0 Å². The van der Waals surface area contributed by atoms with Crippen molar-refractivity contribution < 1.29 is 13.6 Å². The summed E-state index contributed by atoms with van der Waals surface area (Å²) in [6.07, 6.45) is -1.32. The fourth-order valence-corrected chi connectivity index (χ4v) is 0.794. The normalized spacial score (nSPS) is 11.1. The lowest BCUT2D eigenvalue weighted by molar-refractivity contribution is -0.129. The average Bonchev–Trinajstić information content (AvgIpc) is 1.86. The van der Waals surface area contributed by atoms with E-state index in [1.807, 2.05) is 13.8 Å². The van der Waals surface area contributed by atoms with Crippen molar-refractivity contribution in [3.05, 3.63) is 0 Å². The van der Waals surface area contributed by atoms with Gasteiger partial charge in [0, 0.05) is 6.42 Å². The molecule has 66 valence electrons. The van der Waals surface area contributed by atoms with Gasteiger partial charge in [-0.2, -0.15) is 0 Å². The Bertz CT molecular complexity index is 121. The van der Waals surface area contributed by atoms with Gasteiger partial charge >= 0.3 is 0 Å². The maximum Gasteiger partial charge on any atom is 0.295 e. The summed E-state index contributed by atoms with van der Waals surface area (Å²) in [5, 5.41) is 0. The predicted molar refractivity (Wildman–Crippen MR) is 39.7 cm³/mol. The largest absolute Gasteiger partial charge is 0.295 e. The van der Waals surface area contributed by atoms with Crippen LogP contribution in [-0.4, -0.2) is 12.2 Å². The van der Waals surface area contributed by atoms with Crippen molar-refractivity contribution >= 4 is 5.78 Å². The molecule has 1 nitrogen and oxygen atoms in total. The van der Waals surface area contributed by atoms with E-state index in [4.69, 9.17) is 0 Å². The van der Waals surface area contributed by atoms with Gasteiger partial charge < -0.3 is 0 Å². The molecule has 0 aliphatic rings. The van der Waals surface area contributed by atoms with Crippen molar-refractivity contribution in [2.45, 2.75) is 39.5 Å². The summed E-state index contributed by atoms with van der Waals surface area (Å²) in [7, 11) is 0. The van der Waals surface area contributed by atoms with Gasteiger partial charge in [0.2, 0.25) is 0 Å². The van der Waals surface area contributed by atoms with Crippen LogP contribution in [0.25, 0.3) is 0 Å². The van der Waals surface area contributed by atoms with Crippen LogP contribution >= 0.6 is 0 Å². The molecule has 0 aromatic heterocycles. The number of alkyl halides is 2. The van der Waals surface area contributed by atoms with Gasteiger partial charge in [-0.1, -0.05) is 20.3 Å². The number of hydrogen-bond acceptors (Lipinski definition) is 1. The lowest BCUT2D eigenvalue weighted by Crippen LogP contribution is -2.09. The van der Waals surface area contributed by atoms with Crippen molar-refractivity contribution in [3.8, 4) is 0 Å². The van der Waals surface area contributed by atoms with Crippen molar-refractivity contribution in [1.82, 2.24) is 0 Å². The molecule has 0 amide bonds. The van der Waals surface area contributed by atoms with E-state index in [-0.39, 0.29) is 6.42 Å². The van der Waals surface area contributed by atoms with Crippen molar-refractivity contribution in [2.75, 3.05) is 0 Å². The molecule has 0 bridgehead atoms. The number of ketones is 1. The zero-order valence-electron chi connectivity index (χ0n) is 6.94. The van der Waals surface area contributed by atoms with E-state index in [1.54, 1.807) is 0 Å². The zero-order valence-corrected chi connectivity index (χ0v) is 6.94. The molecule has 3 heteroatoms. The Morgan fingerprint density at radius 2 is 1.91 bits per heavy atom. The lowest BCUT2D eigenvalue weighted by atomic mass is 10.1. The summed E-state index contributed by atoms with van der Waals surface area (Å²) >= 11 is 0. The maximum atomic E-state index is 11.6. The van der Waals surface area contributed by atoms with Crippen LogP contribution in [-0.2, 0) is 4.79 Å². The van der Waals surface area contributed by atoms with Crippen molar-refractivity contribution in [1.29, 1.82) is 0 Å². The standard InChI is InChI=1S/C8H14F2O/c1-6(2)4-3-5-7(11)8(9)10/h6,8H,3-5H2,1-2H3. The number of hydrogen-bond donors (Lipinski definition) is 0. The van der Waals surface area contributed by atoms with Crippen LogP contribution in [0, 0.1) is 5.92 Å². The minimum atomic E-state index is -2.78. The van der Waals surface area contributed by atoms with Gasteiger partial charge in [0.05, 0.1) is 0 Å². The summed E-state index contributed by atoms with van der Waals surface area (Å²) in [6.45, 7) is 4.01. The molecule has 0 heterocycles. The second-order valence-corrected chi connectivity index (χ2v) is 3.05. The van der Waals surface area contributed by atoms with Crippen LogP contribution in [0.5, 0.6) is 0 Å². The number of halogens is 2. The Hall–Kier alpha value is -0.470. The first-order valence-corrected chi connectivity index (χ1v) is 3.85. The number of rotatable bonds is 5. The van der Waals surface area contributed by atoms with Crippen LogP contribution in [0.2, 0.25) is 0 Å². The molecule has 0 rings (SSSR count). The monoisotopic (exact) mass is 164 g/mol. The Labute approximate surface area is 65.8 Å². The van der Waals surface area contributed by atoms with E-state index >= 15 is 0 Å². The first-order valence-electron chi connectivity index (χ1n) is 3.85. The van der Waals surface area contributed by atoms with Gasteiger partial charge in [-0.15, -0.1) is 0 Å². The molecule has 0 unspecified atom stereocenters. The quantitative estimate of drug-likeness (QED) is 0.610. The molecule has 0 aromatic carbocycles. The summed E-state index contributed by atoms with van der Waals surface area (Å²) in [4.78, 5) is 10.4.